The average Bonchev–Trinajstić information content (AvgIpc) is 2.39. The fourth-order valence-electron chi connectivity index (χ4n) is 2.43. The van der Waals surface area contributed by atoms with Crippen molar-refractivity contribution in [1.29, 1.82) is 0 Å². The van der Waals surface area contributed by atoms with Gasteiger partial charge in [0.1, 0.15) is 11.5 Å². The van der Waals surface area contributed by atoms with E-state index in [0.717, 1.165) is 37.1 Å². The average molecular weight is 273 g/mol. The highest BCUT2D eigenvalue weighted by Gasteiger charge is 2.31. The number of aliphatic imine (C=N–C) groups is 1. The molecule has 1 atom stereocenters. The highest BCUT2D eigenvalue weighted by atomic mass is 16.6. The summed E-state index contributed by atoms with van der Waals surface area (Å²) in [6.07, 6.45) is 3.10. The van der Waals surface area contributed by atoms with Gasteiger partial charge in [-0.2, -0.15) is 0 Å². The molecule has 20 heavy (non-hydrogen) atoms. The second kappa shape index (κ2) is 6.21. The molecule has 0 saturated carbocycles. The normalized spacial score (nSPS) is 17.2. The van der Waals surface area contributed by atoms with Crippen LogP contribution in [0.15, 0.2) is 35.3 Å². The van der Waals surface area contributed by atoms with Gasteiger partial charge in [0.05, 0.1) is 0 Å². The molecule has 0 radical (unpaired) electrons. The molecule has 0 aliphatic carbocycles. The molecule has 1 heterocycles. The standard InChI is InChI=1S/C17H23NO2/c1-17(2,3)20-16(19)15(13-9-5-4-6-10-13)14-11-7-8-12-18-14/h4-6,9-10,15H,7-8,11-12H2,1-3H3. The molecule has 0 saturated heterocycles. The third-order valence-corrected chi connectivity index (χ3v) is 3.26. The minimum atomic E-state index is -0.473. The van der Waals surface area contributed by atoms with Gasteiger partial charge in [0.25, 0.3) is 0 Å². The van der Waals surface area contributed by atoms with E-state index in [4.69, 9.17) is 4.74 Å². The molecule has 3 heteroatoms. The molecule has 0 fully saturated rings. The topological polar surface area (TPSA) is 38.7 Å². The zero-order chi connectivity index (χ0) is 14.6. The summed E-state index contributed by atoms with van der Waals surface area (Å²) in [5.74, 6) is -0.542. The molecule has 0 N–H and O–H groups in total. The zero-order valence-electron chi connectivity index (χ0n) is 12.6. The molecule has 1 aromatic rings. The van der Waals surface area contributed by atoms with E-state index in [2.05, 4.69) is 4.99 Å². The molecule has 0 aromatic heterocycles. The Bertz CT molecular complexity index is 485. The Morgan fingerprint density at radius 2 is 1.90 bits per heavy atom. The van der Waals surface area contributed by atoms with Crippen LogP contribution in [0.1, 0.15) is 51.5 Å². The molecule has 0 bridgehead atoms. The fourth-order valence-corrected chi connectivity index (χ4v) is 2.43. The van der Waals surface area contributed by atoms with Gasteiger partial charge in [0, 0.05) is 12.3 Å². The maximum atomic E-state index is 12.6. The highest BCUT2D eigenvalue weighted by molar-refractivity contribution is 6.07. The Hall–Kier alpha value is -1.64. The monoisotopic (exact) mass is 273 g/mol. The van der Waals surface area contributed by atoms with Gasteiger partial charge in [-0.25, -0.2) is 0 Å². The number of rotatable bonds is 3. The first-order valence-corrected chi connectivity index (χ1v) is 7.28. The number of nitrogens with zero attached hydrogens (tertiary/aromatic N) is 1. The molecule has 1 aromatic carbocycles. The minimum absolute atomic E-state index is 0.190. The van der Waals surface area contributed by atoms with Crippen LogP contribution in [-0.4, -0.2) is 23.8 Å². The fraction of sp³-hybridized carbons (Fsp3) is 0.529. The number of hydrogen-bond donors (Lipinski definition) is 0. The van der Waals surface area contributed by atoms with Crippen LogP contribution >= 0.6 is 0 Å². The Labute approximate surface area is 121 Å². The molecule has 0 spiro atoms. The molecular formula is C17H23NO2. The van der Waals surface area contributed by atoms with Crippen molar-refractivity contribution in [3.8, 4) is 0 Å². The Morgan fingerprint density at radius 1 is 1.20 bits per heavy atom. The van der Waals surface area contributed by atoms with Crippen molar-refractivity contribution in [3.63, 3.8) is 0 Å². The van der Waals surface area contributed by atoms with E-state index in [1.807, 2.05) is 51.1 Å². The number of hydrogen-bond acceptors (Lipinski definition) is 3. The van der Waals surface area contributed by atoms with Crippen LogP contribution in [-0.2, 0) is 9.53 Å². The van der Waals surface area contributed by atoms with E-state index in [-0.39, 0.29) is 11.9 Å². The maximum Gasteiger partial charge on any atom is 0.319 e. The van der Waals surface area contributed by atoms with Crippen molar-refractivity contribution >= 4 is 11.7 Å². The smallest absolute Gasteiger partial charge is 0.319 e. The van der Waals surface area contributed by atoms with E-state index in [9.17, 15) is 4.79 Å². The lowest BCUT2D eigenvalue weighted by molar-refractivity contribution is -0.154. The zero-order valence-corrected chi connectivity index (χ0v) is 12.6. The van der Waals surface area contributed by atoms with Gasteiger partial charge in [-0.1, -0.05) is 30.3 Å². The lowest BCUT2D eigenvalue weighted by Crippen LogP contribution is -2.32. The van der Waals surface area contributed by atoms with E-state index in [0.29, 0.717) is 0 Å². The minimum Gasteiger partial charge on any atom is -0.459 e. The van der Waals surface area contributed by atoms with Crippen LogP contribution < -0.4 is 0 Å². The first-order valence-electron chi connectivity index (χ1n) is 7.28. The third kappa shape index (κ3) is 3.92. The van der Waals surface area contributed by atoms with E-state index >= 15 is 0 Å². The number of benzene rings is 1. The number of carbonyl (C=O) groups is 1. The van der Waals surface area contributed by atoms with Crippen molar-refractivity contribution < 1.29 is 9.53 Å². The summed E-state index contributed by atoms with van der Waals surface area (Å²) in [6, 6.07) is 9.82. The molecule has 1 unspecified atom stereocenters. The van der Waals surface area contributed by atoms with Crippen molar-refractivity contribution in [3.05, 3.63) is 35.9 Å². The van der Waals surface area contributed by atoms with E-state index in [1.54, 1.807) is 0 Å². The van der Waals surface area contributed by atoms with Crippen molar-refractivity contribution in [2.75, 3.05) is 6.54 Å². The van der Waals surface area contributed by atoms with Gasteiger partial charge in [-0.3, -0.25) is 9.79 Å². The van der Waals surface area contributed by atoms with Gasteiger partial charge in [-0.05, 0) is 45.6 Å². The highest BCUT2D eigenvalue weighted by Crippen LogP contribution is 2.26. The Kier molecular flexibility index (Phi) is 4.58. The van der Waals surface area contributed by atoms with Crippen LogP contribution in [0.3, 0.4) is 0 Å². The molecule has 108 valence electrons. The second-order valence-corrected chi connectivity index (χ2v) is 6.21. The summed E-state index contributed by atoms with van der Waals surface area (Å²) in [6.45, 7) is 6.52. The molecule has 3 nitrogen and oxygen atoms in total. The first-order chi connectivity index (χ1) is 9.47. The van der Waals surface area contributed by atoms with Crippen LogP contribution in [0.5, 0.6) is 0 Å². The summed E-state index contributed by atoms with van der Waals surface area (Å²) in [5, 5.41) is 0. The Morgan fingerprint density at radius 3 is 2.45 bits per heavy atom. The van der Waals surface area contributed by atoms with Crippen LogP contribution in [0.2, 0.25) is 0 Å². The number of ether oxygens (including phenoxy) is 1. The van der Waals surface area contributed by atoms with Gasteiger partial charge >= 0.3 is 5.97 Å². The molecule has 2 rings (SSSR count). The van der Waals surface area contributed by atoms with E-state index < -0.39 is 5.60 Å². The van der Waals surface area contributed by atoms with Crippen LogP contribution in [0, 0.1) is 0 Å². The third-order valence-electron chi connectivity index (χ3n) is 3.26. The lowest BCUT2D eigenvalue weighted by atomic mass is 9.89. The van der Waals surface area contributed by atoms with Gasteiger partial charge in [0.15, 0.2) is 0 Å². The summed E-state index contributed by atoms with van der Waals surface area (Å²) >= 11 is 0. The lowest BCUT2D eigenvalue weighted by Gasteiger charge is -2.26. The summed E-state index contributed by atoms with van der Waals surface area (Å²) < 4.78 is 5.59. The molecule has 1 aliphatic rings. The number of esters is 1. The van der Waals surface area contributed by atoms with Crippen LogP contribution in [0.4, 0.5) is 0 Å². The molecular weight excluding hydrogens is 250 g/mol. The SMILES string of the molecule is CC(C)(C)OC(=O)C(C1=NCCCC1)c1ccccc1. The van der Waals surface area contributed by atoms with Crippen molar-refractivity contribution in [2.24, 2.45) is 4.99 Å². The maximum absolute atomic E-state index is 12.6. The molecule has 0 amide bonds. The van der Waals surface area contributed by atoms with Gasteiger partial charge in [0.2, 0.25) is 0 Å². The summed E-state index contributed by atoms with van der Waals surface area (Å²) in [7, 11) is 0. The summed E-state index contributed by atoms with van der Waals surface area (Å²) in [5.41, 5.74) is 1.47. The van der Waals surface area contributed by atoms with Gasteiger partial charge in [-0.15, -0.1) is 0 Å². The number of carbonyl (C=O) groups excluding carboxylic acids is 1. The quantitative estimate of drug-likeness (QED) is 0.787. The summed E-state index contributed by atoms with van der Waals surface area (Å²) in [4.78, 5) is 17.1. The van der Waals surface area contributed by atoms with Crippen molar-refractivity contribution in [1.82, 2.24) is 0 Å². The second-order valence-electron chi connectivity index (χ2n) is 6.21. The predicted octanol–water partition coefficient (Wildman–Crippen LogP) is 3.74. The predicted molar refractivity (Wildman–Crippen MR) is 81.2 cm³/mol. The van der Waals surface area contributed by atoms with Crippen molar-refractivity contribution in [2.45, 2.75) is 51.6 Å². The largest absolute Gasteiger partial charge is 0.459 e. The van der Waals surface area contributed by atoms with Gasteiger partial charge < -0.3 is 4.74 Å². The first kappa shape index (κ1) is 14.8. The van der Waals surface area contributed by atoms with E-state index in [1.165, 1.54) is 0 Å². The van der Waals surface area contributed by atoms with Crippen LogP contribution in [0.25, 0.3) is 0 Å². The molecule has 1 aliphatic heterocycles. The Balaban J connectivity index is 2.29.